The van der Waals surface area contributed by atoms with Crippen LogP contribution in [0.25, 0.3) is 0 Å². The number of nitrogens with one attached hydrogen (secondary N) is 1. The van der Waals surface area contributed by atoms with Gasteiger partial charge in [-0.1, -0.05) is 23.7 Å². The van der Waals surface area contributed by atoms with E-state index in [1.807, 2.05) is 13.8 Å². The molecular formula is C24H31ClFN3O4S. The Morgan fingerprint density at radius 2 is 1.62 bits per heavy atom. The Kier molecular flexibility index (Phi) is 9.88. The molecule has 1 atom stereocenters. The summed E-state index contributed by atoms with van der Waals surface area (Å²) in [5, 5.41) is 3.38. The molecule has 0 aliphatic rings. The molecule has 0 aliphatic carbocycles. The molecule has 2 rings (SSSR count). The lowest BCUT2D eigenvalue weighted by atomic mass is 10.1. The van der Waals surface area contributed by atoms with Crippen molar-refractivity contribution in [1.29, 1.82) is 0 Å². The van der Waals surface area contributed by atoms with E-state index in [9.17, 15) is 22.4 Å². The Balaban J connectivity index is 2.15. The van der Waals surface area contributed by atoms with Crippen LogP contribution in [0.2, 0.25) is 5.02 Å². The van der Waals surface area contributed by atoms with E-state index in [0.717, 1.165) is 16.1 Å². The predicted octanol–water partition coefficient (Wildman–Crippen LogP) is 3.97. The summed E-state index contributed by atoms with van der Waals surface area (Å²) in [6.45, 7) is 5.58. The molecule has 0 aliphatic heterocycles. The van der Waals surface area contributed by atoms with Crippen LogP contribution in [0.3, 0.4) is 0 Å². The summed E-state index contributed by atoms with van der Waals surface area (Å²) in [6, 6.07) is 11.3. The van der Waals surface area contributed by atoms with Gasteiger partial charge in [0, 0.05) is 30.6 Å². The summed E-state index contributed by atoms with van der Waals surface area (Å²) in [5.41, 5.74) is 1.13. The molecule has 186 valence electrons. The van der Waals surface area contributed by atoms with E-state index in [2.05, 4.69) is 5.32 Å². The minimum atomic E-state index is -3.64. The molecule has 0 radical (unpaired) electrons. The van der Waals surface area contributed by atoms with Gasteiger partial charge in [-0.15, -0.1) is 0 Å². The van der Waals surface area contributed by atoms with Crippen LogP contribution in [0.4, 0.5) is 10.1 Å². The number of hydrogen-bond donors (Lipinski definition) is 1. The second kappa shape index (κ2) is 12.2. The number of sulfonamides is 1. The first-order valence-corrected chi connectivity index (χ1v) is 13.2. The van der Waals surface area contributed by atoms with Crippen molar-refractivity contribution in [3.8, 4) is 0 Å². The summed E-state index contributed by atoms with van der Waals surface area (Å²) in [5.74, 6) is -1.03. The van der Waals surface area contributed by atoms with Crippen LogP contribution in [0.5, 0.6) is 0 Å². The largest absolute Gasteiger partial charge is 0.352 e. The smallest absolute Gasteiger partial charge is 0.242 e. The van der Waals surface area contributed by atoms with Gasteiger partial charge in [-0.3, -0.25) is 13.9 Å². The topological polar surface area (TPSA) is 86.8 Å². The zero-order chi connectivity index (χ0) is 25.5. The van der Waals surface area contributed by atoms with E-state index in [4.69, 9.17) is 11.6 Å². The molecule has 0 heterocycles. The molecule has 2 amide bonds. The van der Waals surface area contributed by atoms with Gasteiger partial charge in [0.2, 0.25) is 21.8 Å². The van der Waals surface area contributed by atoms with E-state index < -0.39 is 21.9 Å². The maximum atomic E-state index is 13.3. The molecule has 2 aromatic carbocycles. The SMILES string of the molecule is CC(C)NC(=O)[C@H](C)N(Cc1ccc(Cl)cc1)C(=O)CCCN(c1ccc(F)cc1)S(C)(=O)=O. The van der Waals surface area contributed by atoms with Crippen LogP contribution in [0.1, 0.15) is 39.2 Å². The molecule has 0 fully saturated rings. The van der Waals surface area contributed by atoms with E-state index in [-0.39, 0.29) is 43.8 Å². The van der Waals surface area contributed by atoms with E-state index in [0.29, 0.717) is 10.7 Å². The summed E-state index contributed by atoms with van der Waals surface area (Å²) in [4.78, 5) is 27.3. The predicted molar refractivity (Wildman–Crippen MR) is 133 cm³/mol. The number of amides is 2. The fraction of sp³-hybridized carbons (Fsp3) is 0.417. The number of rotatable bonds is 11. The normalized spacial score (nSPS) is 12.3. The highest BCUT2D eigenvalue weighted by Crippen LogP contribution is 2.20. The molecule has 10 heteroatoms. The molecule has 0 unspecified atom stereocenters. The lowest BCUT2D eigenvalue weighted by molar-refractivity contribution is -0.140. The molecule has 34 heavy (non-hydrogen) atoms. The zero-order valence-corrected chi connectivity index (χ0v) is 21.4. The number of carbonyl (C=O) groups excluding carboxylic acids is 2. The van der Waals surface area contributed by atoms with Crippen LogP contribution in [-0.4, -0.2) is 50.0 Å². The van der Waals surface area contributed by atoms with E-state index >= 15 is 0 Å². The lowest BCUT2D eigenvalue weighted by Gasteiger charge is -2.30. The third kappa shape index (κ3) is 8.29. The summed E-state index contributed by atoms with van der Waals surface area (Å²) in [7, 11) is -3.64. The Morgan fingerprint density at radius 3 is 2.15 bits per heavy atom. The highest BCUT2D eigenvalue weighted by molar-refractivity contribution is 7.92. The number of carbonyl (C=O) groups is 2. The first-order valence-electron chi connectivity index (χ1n) is 11.0. The Labute approximate surface area is 205 Å². The van der Waals surface area contributed by atoms with Crippen molar-refractivity contribution in [2.75, 3.05) is 17.1 Å². The third-order valence-corrected chi connectivity index (χ3v) is 6.58. The molecule has 0 aromatic heterocycles. The molecule has 7 nitrogen and oxygen atoms in total. The van der Waals surface area contributed by atoms with Crippen molar-refractivity contribution in [3.63, 3.8) is 0 Å². The maximum absolute atomic E-state index is 13.3. The molecule has 0 spiro atoms. The molecule has 0 saturated heterocycles. The van der Waals surface area contributed by atoms with Crippen LogP contribution in [0.15, 0.2) is 48.5 Å². The van der Waals surface area contributed by atoms with Crippen molar-refractivity contribution in [2.24, 2.45) is 0 Å². The van der Waals surface area contributed by atoms with E-state index in [1.54, 1.807) is 31.2 Å². The van der Waals surface area contributed by atoms with Gasteiger partial charge in [-0.25, -0.2) is 12.8 Å². The number of nitrogens with zero attached hydrogens (tertiary/aromatic N) is 2. The van der Waals surface area contributed by atoms with Crippen molar-refractivity contribution in [2.45, 2.75) is 52.2 Å². The van der Waals surface area contributed by atoms with Gasteiger partial charge in [-0.2, -0.15) is 0 Å². The van der Waals surface area contributed by atoms with Crippen molar-refractivity contribution in [3.05, 3.63) is 64.9 Å². The van der Waals surface area contributed by atoms with Crippen LogP contribution in [-0.2, 0) is 26.2 Å². The first kappa shape index (κ1) is 27.6. The van der Waals surface area contributed by atoms with Crippen molar-refractivity contribution >= 4 is 39.1 Å². The van der Waals surface area contributed by atoms with Gasteiger partial charge in [0.1, 0.15) is 11.9 Å². The Hall–Kier alpha value is -2.65. The maximum Gasteiger partial charge on any atom is 0.242 e. The van der Waals surface area contributed by atoms with Crippen molar-refractivity contribution in [1.82, 2.24) is 10.2 Å². The molecule has 0 saturated carbocycles. The molecular weight excluding hydrogens is 481 g/mol. The number of hydrogen-bond acceptors (Lipinski definition) is 4. The number of anilines is 1. The quantitative estimate of drug-likeness (QED) is 0.494. The van der Waals surface area contributed by atoms with Gasteiger partial charge >= 0.3 is 0 Å². The van der Waals surface area contributed by atoms with E-state index in [1.165, 1.54) is 29.2 Å². The highest BCUT2D eigenvalue weighted by Gasteiger charge is 2.27. The average molecular weight is 512 g/mol. The lowest BCUT2D eigenvalue weighted by Crippen LogP contribution is -2.49. The Bertz CT molecular complexity index is 1080. The van der Waals surface area contributed by atoms with Gasteiger partial charge in [0.25, 0.3) is 0 Å². The van der Waals surface area contributed by atoms with Gasteiger partial charge in [0.15, 0.2) is 0 Å². The highest BCUT2D eigenvalue weighted by atomic mass is 35.5. The third-order valence-electron chi connectivity index (χ3n) is 5.13. The summed E-state index contributed by atoms with van der Waals surface area (Å²) < 4.78 is 38.9. The average Bonchev–Trinajstić information content (AvgIpc) is 2.75. The minimum Gasteiger partial charge on any atom is -0.352 e. The van der Waals surface area contributed by atoms with Gasteiger partial charge < -0.3 is 10.2 Å². The van der Waals surface area contributed by atoms with Gasteiger partial charge in [0.05, 0.1) is 11.9 Å². The Morgan fingerprint density at radius 1 is 1.03 bits per heavy atom. The zero-order valence-electron chi connectivity index (χ0n) is 19.8. The fourth-order valence-corrected chi connectivity index (χ4v) is 4.48. The molecule has 1 N–H and O–H groups in total. The standard InChI is InChI=1S/C24H31ClFN3O4S/c1-17(2)27-24(31)18(3)28(16-19-7-9-20(25)10-8-19)23(30)6-5-15-29(34(4,32)33)22-13-11-21(26)12-14-22/h7-14,17-18H,5-6,15-16H2,1-4H3,(H,27,31)/t18-/m0/s1. The number of benzene rings is 2. The van der Waals surface area contributed by atoms with Crippen molar-refractivity contribution < 1.29 is 22.4 Å². The second-order valence-electron chi connectivity index (χ2n) is 8.40. The van der Waals surface area contributed by atoms with Crippen LogP contribution >= 0.6 is 11.6 Å². The number of halogens is 2. The summed E-state index contributed by atoms with van der Waals surface area (Å²) >= 11 is 5.96. The minimum absolute atomic E-state index is 0.0279. The summed E-state index contributed by atoms with van der Waals surface area (Å²) in [6.07, 6.45) is 1.31. The molecule has 2 aromatic rings. The fourth-order valence-electron chi connectivity index (χ4n) is 3.39. The van der Waals surface area contributed by atoms with Crippen LogP contribution < -0.4 is 9.62 Å². The monoisotopic (exact) mass is 511 g/mol. The second-order valence-corrected chi connectivity index (χ2v) is 10.7. The first-order chi connectivity index (χ1) is 15.9. The van der Waals surface area contributed by atoms with Gasteiger partial charge in [-0.05, 0) is 69.2 Å². The van der Waals surface area contributed by atoms with Crippen LogP contribution in [0, 0.1) is 5.82 Å². The molecule has 0 bridgehead atoms.